The van der Waals surface area contributed by atoms with E-state index in [2.05, 4.69) is 20.9 Å². The molecule has 2 atom stereocenters. The summed E-state index contributed by atoms with van der Waals surface area (Å²) in [4.78, 5) is 29.4. The summed E-state index contributed by atoms with van der Waals surface area (Å²) in [6.07, 6.45) is 0.996. The van der Waals surface area contributed by atoms with Crippen molar-refractivity contribution in [2.24, 2.45) is 10.7 Å². The quantitative estimate of drug-likeness (QED) is 0.234. The first-order valence-corrected chi connectivity index (χ1v) is 12.8. The molecule has 1 aliphatic heterocycles. The first kappa shape index (κ1) is 27.6. The highest BCUT2D eigenvalue weighted by Crippen LogP contribution is 2.23. The van der Waals surface area contributed by atoms with Gasteiger partial charge in [-0.1, -0.05) is 60.7 Å². The van der Waals surface area contributed by atoms with Crippen LogP contribution in [0.2, 0.25) is 0 Å². The van der Waals surface area contributed by atoms with E-state index in [4.69, 9.17) is 15.2 Å². The Labute approximate surface area is 226 Å². The summed E-state index contributed by atoms with van der Waals surface area (Å²) in [5, 5.41) is 8.13. The fourth-order valence-electron chi connectivity index (χ4n) is 4.09. The normalized spacial score (nSPS) is 15.8. The summed E-state index contributed by atoms with van der Waals surface area (Å²) in [5.74, 6) is -0.560. The number of carbonyl (C=O) groups is 2. The summed E-state index contributed by atoms with van der Waals surface area (Å²) in [5.41, 5.74) is 8.19. The zero-order valence-electron chi connectivity index (χ0n) is 21.4. The molecule has 1 saturated heterocycles. The van der Waals surface area contributed by atoms with Crippen LogP contribution in [0.4, 0.5) is 9.18 Å². The Balaban J connectivity index is 1.31. The average Bonchev–Trinajstić information content (AvgIpc) is 3.47. The third-order valence-electron chi connectivity index (χ3n) is 6.04. The Morgan fingerprint density at radius 3 is 2.59 bits per heavy atom. The molecule has 1 heterocycles. The number of halogens is 1. The molecule has 10 heteroatoms. The van der Waals surface area contributed by atoms with Crippen molar-refractivity contribution in [3.8, 4) is 5.75 Å². The Bertz CT molecular complexity index is 1280. The van der Waals surface area contributed by atoms with Gasteiger partial charge in [-0.05, 0) is 36.1 Å². The van der Waals surface area contributed by atoms with E-state index in [1.54, 1.807) is 18.2 Å². The molecule has 0 aromatic heterocycles. The number of urea groups is 1. The molecular weight excluding hydrogens is 501 g/mol. The smallest absolute Gasteiger partial charge is 0.321 e. The highest BCUT2D eigenvalue weighted by atomic mass is 19.1. The largest absolute Gasteiger partial charge is 0.476 e. The molecule has 0 aliphatic carbocycles. The minimum atomic E-state index is -0.960. The lowest BCUT2D eigenvalue weighted by Crippen LogP contribution is -2.45. The standard InChI is InChI=1S/C29H32FN5O4/c30-23-11-5-12-24(16-23)39-26(22-9-2-1-3-10-22)27(36)32-17-20-7-4-8-21(15-20)18-33-28(31)35-29(37)34-19-25-13-6-14-38-25/h1-5,7-12,15-16,25-26H,6,13-14,17-19H2,(H,32,36)(H4,31,33,34,35,37). The number of carbonyl (C=O) groups excluding carboxylic acids is 2. The number of nitrogens with one attached hydrogen (secondary N) is 3. The lowest BCUT2D eigenvalue weighted by molar-refractivity contribution is -0.128. The number of nitrogens with zero attached hydrogens (tertiary/aromatic N) is 1. The topological polar surface area (TPSA) is 127 Å². The van der Waals surface area contributed by atoms with Crippen LogP contribution in [0, 0.1) is 5.82 Å². The van der Waals surface area contributed by atoms with Crippen LogP contribution in [0.1, 0.15) is 35.6 Å². The first-order valence-electron chi connectivity index (χ1n) is 12.8. The van der Waals surface area contributed by atoms with Crippen LogP contribution >= 0.6 is 0 Å². The summed E-state index contributed by atoms with van der Waals surface area (Å²) in [6.45, 7) is 1.63. The van der Waals surface area contributed by atoms with E-state index in [1.165, 1.54) is 18.2 Å². The summed E-state index contributed by atoms with van der Waals surface area (Å²) in [7, 11) is 0. The molecule has 4 rings (SSSR count). The SMILES string of the molecule is NC(=NCc1cccc(CNC(=O)C(Oc2cccc(F)c2)c2ccccc2)c1)NC(=O)NCC1CCCO1. The fourth-order valence-corrected chi connectivity index (χ4v) is 4.09. The maximum absolute atomic E-state index is 13.7. The van der Waals surface area contributed by atoms with Crippen molar-refractivity contribution >= 4 is 17.9 Å². The van der Waals surface area contributed by atoms with E-state index in [1.807, 2.05) is 42.5 Å². The fraction of sp³-hybridized carbons (Fsp3) is 0.276. The van der Waals surface area contributed by atoms with Gasteiger partial charge in [0.25, 0.3) is 5.91 Å². The molecule has 3 aromatic rings. The third-order valence-corrected chi connectivity index (χ3v) is 6.04. The monoisotopic (exact) mass is 533 g/mol. The van der Waals surface area contributed by atoms with Crippen molar-refractivity contribution in [3.05, 3.63) is 101 Å². The van der Waals surface area contributed by atoms with Gasteiger partial charge < -0.3 is 25.8 Å². The van der Waals surface area contributed by atoms with Gasteiger partial charge in [0, 0.05) is 31.3 Å². The highest BCUT2D eigenvalue weighted by Gasteiger charge is 2.23. The van der Waals surface area contributed by atoms with E-state index in [-0.39, 0.29) is 36.8 Å². The van der Waals surface area contributed by atoms with Crippen LogP contribution < -0.4 is 26.4 Å². The summed E-state index contributed by atoms with van der Waals surface area (Å²) >= 11 is 0. The van der Waals surface area contributed by atoms with Gasteiger partial charge in [-0.15, -0.1) is 0 Å². The number of guanidine groups is 1. The van der Waals surface area contributed by atoms with Crippen molar-refractivity contribution in [1.82, 2.24) is 16.0 Å². The Morgan fingerprint density at radius 1 is 1.03 bits per heavy atom. The van der Waals surface area contributed by atoms with Crippen molar-refractivity contribution < 1.29 is 23.5 Å². The molecular formula is C29H32FN5O4. The maximum atomic E-state index is 13.7. The predicted octanol–water partition coefficient (Wildman–Crippen LogP) is 3.56. The number of rotatable bonds is 10. The van der Waals surface area contributed by atoms with Crippen LogP contribution in [-0.2, 0) is 22.6 Å². The molecule has 0 radical (unpaired) electrons. The van der Waals surface area contributed by atoms with Gasteiger partial charge in [0.2, 0.25) is 6.10 Å². The molecule has 3 aromatic carbocycles. The minimum Gasteiger partial charge on any atom is -0.476 e. The Morgan fingerprint density at radius 2 is 1.82 bits per heavy atom. The number of aliphatic imine (C=N–C) groups is 1. The van der Waals surface area contributed by atoms with Gasteiger partial charge in [0.15, 0.2) is 5.96 Å². The number of hydrogen-bond donors (Lipinski definition) is 4. The van der Waals surface area contributed by atoms with Crippen molar-refractivity contribution in [1.29, 1.82) is 0 Å². The molecule has 9 nitrogen and oxygen atoms in total. The third kappa shape index (κ3) is 8.82. The van der Waals surface area contributed by atoms with Crippen LogP contribution in [0.5, 0.6) is 5.75 Å². The van der Waals surface area contributed by atoms with Gasteiger partial charge in [-0.25, -0.2) is 14.2 Å². The lowest BCUT2D eigenvalue weighted by atomic mass is 10.1. The average molecular weight is 534 g/mol. The molecule has 1 aliphatic rings. The van der Waals surface area contributed by atoms with E-state index < -0.39 is 18.0 Å². The van der Waals surface area contributed by atoms with Gasteiger partial charge in [0.1, 0.15) is 11.6 Å². The van der Waals surface area contributed by atoms with Crippen molar-refractivity contribution in [3.63, 3.8) is 0 Å². The molecule has 39 heavy (non-hydrogen) atoms. The number of nitrogens with two attached hydrogens (primary N) is 1. The second-order valence-corrected chi connectivity index (χ2v) is 9.08. The van der Waals surface area contributed by atoms with E-state index in [0.717, 1.165) is 30.6 Å². The van der Waals surface area contributed by atoms with E-state index in [0.29, 0.717) is 12.1 Å². The molecule has 2 unspecified atom stereocenters. The second kappa shape index (κ2) is 13.9. The molecule has 3 amide bonds. The highest BCUT2D eigenvalue weighted by molar-refractivity contribution is 5.95. The van der Waals surface area contributed by atoms with Crippen molar-refractivity contribution in [2.45, 2.75) is 38.1 Å². The number of amides is 3. The van der Waals surface area contributed by atoms with Crippen LogP contribution in [0.15, 0.2) is 83.9 Å². The zero-order valence-corrected chi connectivity index (χ0v) is 21.4. The number of hydrogen-bond acceptors (Lipinski definition) is 5. The summed E-state index contributed by atoms with van der Waals surface area (Å²) < 4.78 is 25.0. The molecule has 204 valence electrons. The van der Waals surface area contributed by atoms with Crippen LogP contribution in [0.3, 0.4) is 0 Å². The Kier molecular flexibility index (Phi) is 9.85. The molecule has 0 spiro atoms. The molecule has 5 N–H and O–H groups in total. The predicted molar refractivity (Wildman–Crippen MR) is 145 cm³/mol. The van der Waals surface area contributed by atoms with Crippen LogP contribution in [-0.4, -0.2) is 37.2 Å². The lowest BCUT2D eigenvalue weighted by Gasteiger charge is -2.19. The van der Waals surface area contributed by atoms with E-state index >= 15 is 0 Å². The molecule has 1 fully saturated rings. The van der Waals surface area contributed by atoms with E-state index in [9.17, 15) is 14.0 Å². The maximum Gasteiger partial charge on any atom is 0.321 e. The molecule has 0 saturated carbocycles. The number of ether oxygens (including phenoxy) is 2. The zero-order chi connectivity index (χ0) is 27.5. The first-order chi connectivity index (χ1) is 19.0. The Hall–Kier alpha value is -4.44. The van der Waals surface area contributed by atoms with Gasteiger partial charge in [-0.3, -0.25) is 10.1 Å². The number of benzene rings is 3. The molecule has 0 bridgehead atoms. The van der Waals surface area contributed by atoms with Gasteiger partial charge >= 0.3 is 6.03 Å². The summed E-state index contributed by atoms with van der Waals surface area (Å²) in [6, 6.07) is 21.8. The van der Waals surface area contributed by atoms with Gasteiger partial charge in [-0.2, -0.15) is 0 Å². The van der Waals surface area contributed by atoms with Gasteiger partial charge in [0.05, 0.1) is 12.6 Å². The second-order valence-electron chi connectivity index (χ2n) is 9.08. The van der Waals surface area contributed by atoms with Crippen molar-refractivity contribution in [2.75, 3.05) is 13.2 Å². The minimum absolute atomic E-state index is 0.00116. The van der Waals surface area contributed by atoms with Crippen LogP contribution in [0.25, 0.3) is 0 Å².